The average molecular weight is 379 g/mol. The molecule has 2 rings (SSSR count). The highest BCUT2D eigenvalue weighted by Crippen LogP contribution is 2.32. The Kier molecular flexibility index (Phi) is 4.52. The van der Waals surface area contributed by atoms with Crippen molar-refractivity contribution in [3.05, 3.63) is 56.2 Å². The summed E-state index contributed by atoms with van der Waals surface area (Å²) in [7, 11) is 0. The summed E-state index contributed by atoms with van der Waals surface area (Å²) in [5.41, 5.74) is 0.197. The first-order valence-electron chi connectivity index (χ1n) is 5.33. The van der Waals surface area contributed by atoms with Gasteiger partial charge in [0.1, 0.15) is 11.6 Å². The molecule has 20 heavy (non-hydrogen) atoms. The zero-order chi connectivity index (χ0) is 14.9. The van der Waals surface area contributed by atoms with E-state index in [0.29, 0.717) is 5.02 Å². The number of amides is 1. The van der Waals surface area contributed by atoms with Crippen LogP contribution in [0.1, 0.15) is 10.4 Å². The maximum atomic E-state index is 13.1. The number of nitrogens with one attached hydrogen (secondary N) is 1. The lowest BCUT2D eigenvalue weighted by atomic mass is 10.2. The summed E-state index contributed by atoms with van der Waals surface area (Å²) in [5.74, 6) is -1.37. The van der Waals surface area contributed by atoms with Crippen molar-refractivity contribution in [3.8, 4) is 5.75 Å². The summed E-state index contributed by atoms with van der Waals surface area (Å²) < 4.78 is 13.4. The van der Waals surface area contributed by atoms with Crippen LogP contribution < -0.4 is 5.32 Å². The van der Waals surface area contributed by atoms with Crippen molar-refractivity contribution in [2.75, 3.05) is 5.32 Å². The number of anilines is 1. The standard InChI is InChI=1S/C13H7BrCl2FNO2/c14-9-4-7(17)5-10(16)12(9)18-13(20)8-3-6(15)1-2-11(8)19/h1-5,19H,(H,18,20). The first-order valence-corrected chi connectivity index (χ1v) is 6.88. The molecule has 0 fully saturated rings. The minimum atomic E-state index is -0.612. The van der Waals surface area contributed by atoms with Gasteiger partial charge in [-0.3, -0.25) is 4.79 Å². The van der Waals surface area contributed by atoms with E-state index >= 15 is 0 Å². The fourth-order valence-electron chi connectivity index (χ4n) is 1.53. The van der Waals surface area contributed by atoms with Crippen molar-refractivity contribution in [1.82, 2.24) is 0 Å². The summed E-state index contributed by atoms with van der Waals surface area (Å²) in [6.07, 6.45) is 0. The minimum Gasteiger partial charge on any atom is -0.507 e. The van der Waals surface area contributed by atoms with E-state index in [1.54, 1.807) is 0 Å². The van der Waals surface area contributed by atoms with Crippen LogP contribution in [0.5, 0.6) is 5.75 Å². The van der Waals surface area contributed by atoms with Crippen molar-refractivity contribution >= 4 is 50.7 Å². The Bertz CT molecular complexity index is 671. The average Bonchev–Trinajstić information content (AvgIpc) is 2.36. The third-order valence-electron chi connectivity index (χ3n) is 2.45. The van der Waals surface area contributed by atoms with Gasteiger partial charge in [-0.05, 0) is 46.3 Å². The maximum Gasteiger partial charge on any atom is 0.259 e. The maximum absolute atomic E-state index is 13.1. The fourth-order valence-corrected chi connectivity index (χ4v) is 2.60. The van der Waals surface area contributed by atoms with Gasteiger partial charge in [0, 0.05) is 9.50 Å². The summed E-state index contributed by atoms with van der Waals surface area (Å²) in [4.78, 5) is 12.1. The minimum absolute atomic E-state index is 0.00945. The predicted octanol–water partition coefficient (Wildman–Crippen LogP) is 4.85. The fraction of sp³-hybridized carbons (Fsp3) is 0. The number of benzene rings is 2. The molecule has 0 aliphatic rings. The zero-order valence-corrected chi connectivity index (χ0v) is 12.9. The number of hydrogen-bond acceptors (Lipinski definition) is 2. The van der Waals surface area contributed by atoms with E-state index in [0.717, 1.165) is 6.07 Å². The molecular weight excluding hydrogens is 372 g/mol. The summed E-state index contributed by atoms with van der Waals surface area (Å²) in [5, 5.41) is 12.5. The summed E-state index contributed by atoms with van der Waals surface area (Å²) in [6.45, 7) is 0. The van der Waals surface area contributed by atoms with Gasteiger partial charge in [-0.2, -0.15) is 0 Å². The Labute approximate surface area is 132 Å². The van der Waals surface area contributed by atoms with E-state index < -0.39 is 11.7 Å². The number of halogens is 4. The molecule has 0 heterocycles. The molecule has 0 saturated heterocycles. The molecule has 7 heteroatoms. The number of carbonyl (C=O) groups excluding carboxylic acids is 1. The molecule has 0 saturated carbocycles. The molecule has 0 aromatic heterocycles. The molecule has 0 aliphatic heterocycles. The molecule has 3 nitrogen and oxygen atoms in total. The Hall–Kier alpha value is -1.30. The lowest BCUT2D eigenvalue weighted by Crippen LogP contribution is -2.13. The van der Waals surface area contributed by atoms with Crippen molar-refractivity contribution < 1.29 is 14.3 Å². The van der Waals surface area contributed by atoms with Gasteiger partial charge in [-0.15, -0.1) is 0 Å². The molecule has 0 radical (unpaired) electrons. The van der Waals surface area contributed by atoms with Crippen molar-refractivity contribution in [1.29, 1.82) is 0 Å². The van der Waals surface area contributed by atoms with Gasteiger partial charge in [0.25, 0.3) is 5.91 Å². The molecule has 2 aromatic carbocycles. The molecule has 2 N–H and O–H groups in total. The second kappa shape index (κ2) is 5.99. The molecular formula is C13H7BrCl2FNO2. The molecule has 0 aliphatic carbocycles. The van der Waals surface area contributed by atoms with Gasteiger partial charge in [-0.25, -0.2) is 4.39 Å². The van der Waals surface area contributed by atoms with E-state index in [1.807, 2.05) is 0 Å². The number of aromatic hydroxyl groups is 1. The van der Waals surface area contributed by atoms with E-state index in [-0.39, 0.29) is 26.5 Å². The van der Waals surface area contributed by atoms with Crippen molar-refractivity contribution in [3.63, 3.8) is 0 Å². The first kappa shape index (κ1) is 15.1. The monoisotopic (exact) mass is 377 g/mol. The first-order chi connectivity index (χ1) is 9.38. The number of carbonyl (C=O) groups is 1. The van der Waals surface area contributed by atoms with E-state index in [1.165, 1.54) is 24.3 Å². The molecule has 0 atom stereocenters. The van der Waals surface area contributed by atoms with E-state index in [4.69, 9.17) is 23.2 Å². The van der Waals surface area contributed by atoms with Crippen LogP contribution in [0.3, 0.4) is 0 Å². The number of phenolic OH excluding ortho intramolecular Hbond substituents is 1. The van der Waals surface area contributed by atoms with Gasteiger partial charge in [0.15, 0.2) is 0 Å². The van der Waals surface area contributed by atoms with Crippen LogP contribution in [0.25, 0.3) is 0 Å². The van der Waals surface area contributed by atoms with Gasteiger partial charge in [0.2, 0.25) is 0 Å². The van der Waals surface area contributed by atoms with Crippen molar-refractivity contribution in [2.24, 2.45) is 0 Å². The van der Waals surface area contributed by atoms with E-state index in [2.05, 4.69) is 21.2 Å². The predicted molar refractivity (Wildman–Crippen MR) is 80.2 cm³/mol. The van der Waals surface area contributed by atoms with Gasteiger partial charge in [0.05, 0.1) is 16.3 Å². The topological polar surface area (TPSA) is 49.3 Å². The zero-order valence-electron chi connectivity index (χ0n) is 9.75. The Balaban J connectivity index is 2.35. The lowest BCUT2D eigenvalue weighted by molar-refractivity contribution is 0.102. The summed E-state index contributed by atoms with van der Waals surface area (Å²) in [6, 6.07) is 6.31. The highest BCUT2D eigenvalue weighted by molar-refractivity contribution is 9.10. The molecule has 104 valence electrons. The number of hydrogen-bond donors (Lipinski definition) is 2. The second-order valence-corrected chi connectivity index (χ2v) is 5.56. The largest absolute Gasteiger partial charge is 0.507 e. The Morgan fingerprint density at radius 1 is 1.25 bits per heavy atom. The van der Waals surface area contributed by atoms with Crippen LogP contribution in [0.4, 0.5) is 10.1 Å². The van der Waals surface area contributed by atoms with Crippen LogP contribution in [-0.2, 0) is 0 Å². The Morgan fingerprint density at radius 3 is 2.60 bits per heavy atom. The summed E-state index contributed by atoms with van der Waals surface area (Å²) >= 11 is 14.7. The third-order valence-corrected chi connectivity index (χ3v) is 3.61. The van der Waals surface area contributed by atoms with Crippen LogP contribution in [0.15, 0.2) is 34.8 Å². The number of rotatable bonds is 2. The van der Waals surface area contributed by atoms with Crippen LogP contribution >= 0.6 is 39.1 Å². The highest BCUT2D eigenvalue weighted by Gasteiger charge is 2.16. The molecule has 1 amide bonds. The quantitative estimate of drug-likeness (QED) is 0.784. The van der Waals surface area contributed by atoms with Crippen LogP contribution in [-0.4, -0.2) is 11.0 Å². The van der Waals surface area contributed by atoms with E-state index in [9.17, 15) is 14.3 Å². The second-order valence-electron chi connectivity index (χ2n) is 3.86. The molecule has 0 bridgehead atoms. The van der Waals surface area contributed by atoms with Gasteiger partial charge >= 0.3 is 0 Å². The number of phenols is 1. The SMILES string of the molecule is O=C(Nc1c(Cl)cc(F)cc1Br)c1cc(Cl)ccc1O. The molecule has 0 unspecified atom stereocenters. The molecule has 0 spiro atoms. The van der Waals surface area contributed by atoms with Crippen LogP contribution in [0.2, 0.25) is 10.0 Å². The normalized spacial score (nSPS) is 10.4. The highest BCUT2D eigenvalue weighted by atomic mass is 79.9. The van der Waals surface area contributed by atoms with Crippen molar-refractivity contribution in [2.45, 2.75) is 0 Å². The van der Waals surface area contributed by atoms with Crippen LogP contribution in [0, 0.1) is 5.82 Å². The lowest BCUT2D eigenvalue weighted by Gasteiger charge is -2.10. The smallest absolute Gasteiger partial charge is 0.259 e. The van der Waals surface area contributed by atoms with Gasteiger partial charge in [-0.1, -0.05) is 23.2 Å². The third kappa shape index (κ3) is 3.23. The molecule has 2 aromatic rings. The van der Waals surface area contributed by atoms with Gasteiger partial charge < -0.3 is 10.4 Å². The Morgan fingerprint density at radius 2 is 1.95 bits per heavy atom.